The average Bonchev–Trinajstić information content (AvgIpc) is 3.12. The standard InChI is InChI=1S/C37H55N5O9/c1-6-7-8-9-10-11-28(38)32(45)35(48)39-23(4)33(46)41-31(22(2)3)36(49)42(5)30(21-25-14-18-27(44)19-15-25)34(47)40-29(37(50)51)20-24-12-16-26(43)17-13-24/h12-19,22-23,28-32,43-45H,6-11,20-21,38H2,1-5H3,(H,39,48)(H,40,47)(H,41,46)(H,50,51)/t23?,28-,29?,30-,31-,32+/m0/s1/i4D3,23D. The number of amides is 4. The molecule has 2 rings (SSSR count). The number of hydrogen-bond donors (Lipinski definition) is 8. The highest BCUT2D eigenvalue weighted by atomic mass is 16.4. The molecule has 14 heteroatoms. The number of hydrogen-bond acceptors (Lipinski definition) is 9. The number of likely N-dealkylation sites (N-methyl/N-ethyl adjacent to an activating group) is 1. The molecule has 0 aromatic heterocycles. The summed E-state index contributed by atoms with van der Waals surface area (Å²) in [5.41, 5.74) is 6.92. The average molecular weight is 718 g/mol. The third kappa shape index (κ3) is 13.9. The number of carboxylic acid groups (broad SMARTS) is 1. The molecule has 9 N–H and O–H groups in total. The number of carboxylic acids is 1. The number of aliphatic hydroxyl groups is 1. The molecule has 2 aromatic carbocycles. The Labute approximate surface area is 305 Å². The molecule has 0 saturated heterocycles. The fourth-order valence-corrected chi connectivity index (χ4v) is 5.29. The first kappa shape index (κ1) is 36.1. The fraction of sp³-hybridized carbons (Fsp3) is 0.541. The highest BCUT2D eigenvalue weighted by Crippen LogP contribution is 2.17. The topological polar surface area (TPSA) is 232 Å². The molecule has 6 atom stereocenters. The first-order valence-electron chi connectivity index (χ1n) is 19.0. The van der Waals surface area contributed by atoms with Crippen LogP contribution in [0.5, 0.6) is 11.5 Å². The molecule has 0 spiro atoms. The molecule has 2 unspecified atom stereocenters. The summed E-state index contributed by atoms with van der Waals surface area (Å²) >= 11 is 0. The van der Waals surface area contributed by atoms with E-state index in [1.807, 2.05) is 12.2 Å². The monoisotopic (exact) mass is 717 g/mol. The molecule has 0 aliphatic rings. The van der Waals surface area contributed by atoms with Gasteiger partial charge in [0, 0.05) is 30.0 Å². The predicted molar refractivity (Wildman–Crippen MR) is 191 cm³/mol. The molecular formula is C37H55N5O9. The first-order chi connectivity index (χ1) is 25.6. The summed E-state index contributed by atoms with van der Waals surface area (Å²) in [6.07, 6.45) is 2.23. The zero-order valence-corrected chi connectivity index (χ0v) is 29.6. The zero-order chi connectivity index (χ0) is 41.7. The van der Waals surface area contributed by atoms with E-state index < -0.39 is 78.7 Å². The van der Waals surface area contributed by atoms with Crippen molar-refractivity contribution in [3.8, 4) is 11.5 Å². The molecular weight excluding hydrogens is 658 g/mol. The Morgan fingerprint density at radius 1 is 0.824 bits per heavy atom. The summed E-state index contributed by atoms with van der Waals surface area (Å²) in [6.45, 7) is 1.56. The predicted octanol–water partition coefficient (Wildman–Crippen LogP) is 1.97. The van der Waals surface area contributed by atoms with Crippen LogP contribution in [0.25, 0.3) is 0 Å². The number of carbonyl (C=O) groups excluding carboxylic acids is 4. The van der Waals surface area contributed by atoms with Crippen LogP contribution in [0.3, 0.4) is 0 Å². The largest absolute Gasteiger partial charge is 0.508 e. The van der Waals surface area contributed by atoms with E-state index in [-0.39, 0.29) is 30.8 Å². The Kier molecular flexibility index (Phi) is 14.8. The summed E-state index contributed by atoms with van der Waals surface area (Å²) in [5.74, 6) is -7.06. The molecule has 2 aromatic rings. The van der Waals surface area contributed by atoms with Gasteiger partial charge in [0.15, 0.2) is 0 Å². The number of aromatic hydroxyl groups is 2. The SMILES string of the molecule is [2H]C([2H])([2H])C([2H])(NC(=O)[C@H](O)[C@@H](N)CCCCCCC)C(=O)N[C@H](C(=O)N(C)[C@@H](Cc1ccc(O)cc1)C(=O)NC(Cc1ccc(O)cc1)C(=O)O)C(C)C. The van der Waals surface area contributed by atoms with Gasteiger partial charge in [-0.25, -0.2) is 4.79 Å². The number of benzene rings is 2. The lowest BCUT2D eigenvalue weighted by molar-refractivity contribution is -0.145. The number of nitrogens with one attached hydrogen (secondary N) is 3. The first-order valence-corrected chi connectivity index (χ1v) is 17.0. The van der Waals surface area contributed by atoms with Gasteiger partial charge in [-0.2, -0.15) is 0 Å². The second-order valence-corrected chi connectivity index (χ2v) is 13.0. The van der Waals surface area contributed by atoms with Crippen LogP contribution in [0.15, 0.2) is 48.5 Å². The van der Waals surface area contributed by atoms with Crippen LogP contribution in [-0.2, 0) is 36.8 Å². The summed E-state index contributed by atoms with van der Waals surface area (Å²) in [4.78, 5) is 67.8. The molecule has 0 radical (unpaired) electrons. The van der Waals surface area contributed by atoms with Crippen molar-refractivity contribution in [3.05, 3.63) is 59.7 Å². The lowest BCUT2D eigenvalue weighted by atomic mass is 9.98. The number of aliphatic hydroxyl groups excluding tert-OH is 1. The Bertz CT molecular complexity index is 1590. The third-order valence-corrected chi connectivity index (χ3v) is 8.48. The molecule has 4 amide bonds. The van der Waals surface area contributed by atoms with Crippen LogP contribution in [-0.4, -0.2) is 98.3 Å². The van der Waals surface area contributed by atoms with Gasteiger partial charge in [-0.1, -0.05) is 77.1 Å². The second kappa shape index (κ2) is 20.9. The van der Waals surface area contributed by atoms with E-state index in [1.54, 1.807) is 0 Å². The fourth-order valence-electron chi connectivity index (χ4n) is 5.29. The van der Waals surface area contributed by atoms with Crippen molar-refractivity contribution in [2.75, 3.05) is 7.05 Å². The highest BCUT2D eigenvalue weighted by molar-refractivity contribution is 5.95. The summed E-state index contributed by atoms with van der Waals surface area (Å²) in [6, 6.07) is 2.39. The van der Waals surface area contributed by atoms with Crippen LogP contribution in [0.2, 0.25) is 0 Å². The van der Waals surface area contributed by atoms with Crippen LogP contribution < -0.4 is 21.7 Å². The maximum atomic E-state index is 14.1. The number of rotatable bonds is 21. The van der Waals surface area contributed by atoms with Crippen molar-refractivity contribution < 1.29 is 49.9 Å². The third-order valence-electron chi connectivity index (χ3n) is 8.48. The molecule has 51 heavy (non-hydrogen) atoms. The van der Waals surface area contributed by atoms with Gasteiger partial charge in [0.2, 0.25) is 17.7 Å². The maximum absolute atomic E-state index is 14.1. The van der Waals surface area contributed by atoms with E-state index in [9.17, 15) is 44.4 Å². The molecule has 0 fully saturated rings. The summed E-state index contributed by atoms with van der Waals surface area (Å²) in [7, 11) is 1.23. The van der Waals surface area contributed by atoms with Crippen LogP contribution in [0, 0.1) is 5.92 Å². The summed E-state index contributed by atoms with van der Waals surface area (Å²) < 4.78 is 32.5. The Morgan fingerprint density at radius 3 is 1.88 bits per heavy atom. The zero-order valence-electron chi connectivity index (χ0n) is 33.6. The minimum Gasteiger partial charge on any atom is -0.508 e. The van der Waals surface area contributed by atoms with Crippen LogP contribution in [0.4, 0.5) is 0 Å². The van der Waals surface area contributed by atoms with Crippen molar-refractivity contribution in [2.24, 2.45) is 11.7 Å². The van der Waals surface area contributed by atoms with Crippen molar-refractivity contribution in [2.45, 2.75) is 115 Å². The van der Waals surface area contributed by atoms with Crippen molar-refractivity contribution in [1.82, 2.24) is 20.9 Å². The Hall–Kier alpha value is -4.69. The lowest BCUT2D eigenvalue weighted by Crippen LogP contribution is -2.60. The molecule has 0 heterocycles. The van der Waals surface area contributed by atoms with Crippen LogP contribution >= 0.6 is 0 Å². The Balaban J connectivity index is 2.37. The van der Waals surface area contributed by atoms with Crippen molar-refractivity contribution in [1.29, 1.82) is 0 Å². The molecule has 0 aliphatic heterocycles. The number of nitrogens with zero attached hydrogens (tertiary/aromatic N) is 1. The smallest absolute Gasteiger partial charge is 0.326 e. The van der Waals surface area contributed by atoms with Gasteiger partial charge in [0.05, 0.1) is 1.37 Å². The van der Waals surface area contributed by atoms with Gasteiger partial charge in [0.1, 0.15) is 41.7 Å². The normalized spacial score (nSPS) is 16.8. The number of unbranched alkanes of at least 4 members (excludes halogenated alkanes) is 4. The van der Waals surface area contributed by atoms with Gasteiger partial charge >= 0.3 is 5.97 Å². The van der Waals surface area contributed by atoms with Gasteiger partial charge in [-0.05, 0) is 54.6 Å². The second-order valence-electron chi connectivity index (χ2n) is 13.0. The van der Waals surface area contributed by atoms with Crippen molar-refractivity contribution >= 4 is 29.6 Å². The van der Waals surface area contributed by atoms with E-state index in [1.165, 1.54) is 69.4 Å². The number of nitrogens with two attached hydrogens (primary N) is 1. The minimum atomic E-state index is -3.50. The molecule has 0 bridgehead atoms. The lowest BCUT2D eigenvalue weighted by Gasteiger charge is -2.33. The van der Waals surface area contributed by atoms with Gasteiger partial charge < -0.3 is 47.0 Å². The quantitative estimate of drug-likeness (QED) is 0.0875. The number of phenolic OH excluding ortho intramolecular Hbond substituents is 2. The van der Waals surface area contributed by atoms with E-state index in [0.717, 1.165) is 30.6 Å². The minimum absolute atomic E-state index is 0.0465. The Morgan fingerprint density at radius 2 is 1.37 bits per heavy atom. The highest BCUT2D eigenvalue weighted by Gasteiger charge is 2.36. The number of carbonyl (C=O) groups is 5. The molecule has 0 saturated carbocycles. The van der Waals surface area contributed by atoms with E-state index in [0.29, 0.717) is 17.5 Å². The number of phenols is 2. The maximum Gasteiger partial charge on any atom is 0.326 e. The van der Waals surface area contributed by atoms with Gasteiger partial charge in [0.25, 0.3) is 5.91 Å². The van der Waals surface area contributed by atoms with E-state index in [4.69, 9.17) is 11.2 Å². The van der Waals surface area contributed by atoms with E-state index in [2.05, 4.69) is 10.6 Å². The van der Waals surface area contributed by atoms with Crippen LogP contribution in [0.1, 0.15) is 82.8 Å². The molecule has 282 valence electrons. The number of aliphatic carboxylic acids is 1. The van der Waals surface area contributed by atoms with Gasteiger partial charge in [-0.3, -0.25) is 19.2 Å². The summed E-state index contributed by atoms with van der Waals surface area (Å²) in [5, 5.41) is 46.4. The van der Waals surface area contributed by atoms with Crippen molar-refractivity contribution in [3.63, 3.8) is 0 Å². The molecule has 14 nitrogen and oxygen atoms in total. The van der Waals surface area contributed by atoms with E-state index >= 15 is 0 Å². The molecule has 0 aliphatic carbocycles. The van der Waals surface area contributed by atoms with Gasteiger partial charge in [-0.15, -0.1) is 0 Å².